The number of rotatable bonds is 2. The zero-order valence-electron chi connectivity index (χ0n) is 16.5. The number of nitrogens with zero attached hydrogens (tertiary/aromatic N) is 3. The van der Waals surface area contributed by atoms with Gasteiger partial charge in [0, 0.05) is 39.3 Å². The Morgan fingerprint density at radius 2 is 1.72 bits per heavy atom. The van der Waals surface area contributed by atoms with E-state index in [1.54, 1.807) is 6.92 Å². The van der Waals surface area contributed by atoms with Crippen molar-refractivity contribution in [3.8, 4) is 11.5 Å². The minimum Gasteiger partial charge on any atom is -0.490 e. The second-order valence-electron chi connectivity index (χ2n) is 7.34. The predicted molar refractivity (Wildman–Crippen MR) is 105 cm³/mol. The summed E-state index contributed by atoms with van der Waals surface area (Å²) in [4.78, 5) is 24.0. The number of hydrogen-bond donors (Lipinski definition) is 0. The number of fused-ring (bicyclic) bond motifs is 2. The summed E-state index contributed by atoms with van der Waals surface area (Å²) in [5.41, 5.74) is 0.419. The van der Waals surface area contributed by atoms with E-state index in [4.69, 9.17) is 9.47 Å². The molecule has 0 fully saturated rings. The number of hydrogen-bond acceptors (Lipinski definition) is 6. The second-order valence-corrected chi connectivity index (χ2v) is 9.20. The molecule has 0 bridgehead atoms. The molecule has 0 N–H and O–H groups in total. The summed E-state index contributed by atoms with van der Waals surface area (Å²) in [7, 11) is -1.42. The number of aryl methyl sites for hydroxylation is 1. The molecular weight excluding hydrogens is 398 g/mol. The first-order chi connectivity index (χ1) is 13.7. The quantitative estimate of drug-likeness (QED) is 0.702. The van der Waals surface area contributed by atoms with E-state index in [9.17, 15) is 18.0 Å². The fourth-order valence-electron chi connectivity index (χ4n) is 3.86. The Morgan fingerprint density at radius 1 is 1.07 bits per heavy atom. The minimum atomic E-state index is -4.11. The van der Waals surface area contributed by atoms with Crippen LogP contribution in [0.4, 0.5) is 0 Å². The van der Waals surface area contributed by atoms with Gasteiger partial charge in [0.2, 0.25) is 0 Å². The fourth-order valence-corrected chi connectivity index (χ4v) is 5.62. The van der Waals surface area contributed by atoms with Crippen LogP contribution in [0.2, 0.25) is 0 Å². The third-order valence-electron chi connectivity index (χ3n) is 5.49. The van der Waals surface area contributed by atoms with Gasteiger partial charge in [0.15, 0.2) is 16.4 Å². The molecule has 0 saturated heterocycles. The van der Waals surface area contributed by atoms with Crippen LogP contribution >= 0.6 is 0 Å². The van der Waals surface area contributed by atoms with E-state index < -0.39 is 32.2 Å². The maximum absolute atomic E-state index is 13.3. The molecule has 9 nitrogen and oxygen atoms in total. The zero-order chi connectivity index (χ0) is 20.9. The van der Waals surface area contributed by atoms with Crippen LogP contribution in [0.3, 0.4) is 0 Å². The van der Waals surface area contributed by atoms with E-state index in [0.717, 1.165) is 32.9 Å². The maximum atomic E-state index is 13.3. The molecule has 10 heteroatoms. The molecule has 1 aromatic carbocycles. The molecule has 0 spiro atoms. The topological polar surface area (TPSA) is 99.8 Å². The molecule has 2 aliphatic heterocycles. The van der Waals surface area contributed by atoms with Gasteiger partial charge in [0.25, 0.3) is 15.6 Å². The van der Waals surface area contributed by atoms with Crippen LogP contribution in [0.1, 0.15) is 30.5 Å². The van der Waals surface area contributed by atoms with Crippen molar-refractivity contribution in [1.29, 1.82) is 0 Å². The first kappa shape index (κ1) is 19.7. The molecule has 0 unspecified atom stereocenters. The van der Waals surface area contributed by atoms with Gasteiger partial charge in [0.1, 0.15) is 0 Å². The first-order valence-electron chi connectivity index (χ1n) is 9.42. The smallest absolute Gasteiger partial charge is 0.330 e. The van der Waals surface area contributed by atoms with Crippen molar-refractivity contribution in [3.05, 3.63) is 50.3 Å². The number of sulfonamides is 1. The molecule has 0 saturated carbocycles. The maximum Gasteiger partial charge on any atom is 0.330 e. The van der Waals surface area contributed by atoms with Gasteiger partial charge in [-0.1, -0.05) is 0 Å². The highest BCUT2D eigenvalue weighted by Gasteiger charge is 2.37. The van der Waals surface area contributed by atoms with Gasteiger partial charge in [-0.25, -0.2) is 13.2 Å². The van der Waals surface area contributed by atoms with E-state index >= 15 is 0 Å². The SMILES string of the molecule is C[C@@H]1c2cc3c(cc2CCN1S(=O)(=O)c1cn(C)c(=O)n(C)c1=O)OCCCO3. The average Bonchev–Trinajstić information content (AvgIpc) is 2.92. The van der Waals surface area contributed by atoms with Crippen LogP contribution in [-0.2, 0) is 30.5 Å². The summed E-state index contributed by atoms with van der Waals surface area (Å²) in [5.74, 6) is 1.28. The Bertz CT molecular complexity index is 1200. The van der Waals surface area contributed by atoms with Crippen LogP contribution in [0.15, 0.2) is 32.8 Å². The molecule has 29 heavy (non-hydrogen) atoms. The van der Waals surface area contributed by atoms with Gasteiger partial charge in [-0.3, -0.25) is 9.36 Å². The zero-order valence-corrected chi connectivity index (χ0v) is 17.4. The molecule has 2 aromatic rings. The largest absolute Gasteiger partial charge is 0.490 e. The molecule has 156 valence electrons. The van der Waals surface area contributed by atoms with Crippen molar-refractivity contribution in [3.63, 3.8) is 0 Å². The van der Waals surface area contributed by atoms with Crippen LogP contribution in [0.5, 0.6) is 11.5 Å². The van der Waals surface area contributed by atoms with Crippen LogP contribution in [-0.4, -0.2) is 41.6 Å². The monoisotopic (exact) mass is 421 g/mol. The number of benzene rings is 1. The van der Waals surface area contributed by atoms with Crippen LogP contribution in [0.25, 0.3) is 0 Å². The molecule has 1 atom stereocenters. The lowest BCUT2D eigenvalue weighted by atomic mass is 9.94. The Kier molecular flexibility index (Phi) is 4.78. The van der Waals surface area contributed by atoms with E-state index in [1.807, 2.05) is 12.1 Å². The van der Waals surface area contributed by atoms with E-state index in [0.29, 0.717) is 31.1 Å². The van der Waals surface area contributed by atoms with E-state index in [1.165, 1.54) is 18.4 Å². The summed E-state index contributed by atoms with van der Waals surface area (Å²) < 4.78 is 41.4. The molecule has 4 rings (SSSR count). The van der Waals surface area contributed by atoms with Gasteiger partial charge in [-0.05, 0) is 36.6 Å². The summed E-state index contributed by atoms with van der Waals surface area (Å²) in [5, 5.41) is 0. The van der Waals surface area contributed by atoms with Gasteiger partial charge in [0.05, 0.1) is 13.2 Å². The van der Waals surface area contributed by atoms with Crippen molar-refractivity contribution in [2.24, 2.45) is 14.1 Å². The Hall–Kier alpha value is -2.59. The Morgan fingerprint density at radius 3 is 2.41 bits per heavy atom. The standard InChI is InChI=1S/C19H23N3O6S/c1-12-14-10-16-15(27-7-4-8-28-16)9-13(14)5-6-22(12)29(25,26)17-11-20(2)19(24)21(3)18(17)23/h9-12H,4-8H2,1-3H3/t12-/m1/s1. The minimum absolute atomic E-state index is 0.224. The molecule has 3 heterocycles. The average molecular weight is 421 g/mol. The van der Waals surface area contributed by atoms with Crippen LogP contribution < -0.4 is 20.7 Å². The number of ether oxygens (including phenoxy) is 2. The van der Waals surface area contributed by atoms with Crippen molar-refractivity contribution in [2.75, 3.05) is 19.8 Å². The molecular formula is C19H23N3O6S. The third kappa shape index (κ3) is 3.16. The predicted octanol–water partition coefficient (Wildman–Crippen LogP) is 0.553. The fraction of sp³-hybridized carbons (Fsp3) is 0.474. The highest BCUT2D eigenvalue weighted by molar-refractivity contribution is 7.89. The first-order valence-corrected chi connectivity index (χ1v) is 10.9. The molecule has 2 aliphatic rings. The lowest BCUT2D eigenvalue weighted by Crippen LogP contribution is -2.45. The third-order valence-corrected chi connectivity index (χ3v) is 7.45. The van der Waals surface area contributed by atoms with Gasteiger partial charge in [-0.2, -0.15) is 4.31 Å². The molecule has 1 aromatic heterocycles. The van der Waals surface area contributed by atoms with Crippen LogP contribution in [0, 0.1) is 0 Å². The summed E-state index contributed by atoms with van der Waals surface area (Å²) in [6.45, 7) is 3.13. The molecule has 0 aliphatic carbocycles. The highest BCUT2D eigenvalue weighted by atomic mass is 32.2. The van der Waals surface area contributed by atoms with Gasteiger partial charge in [-0.15, -0.1) is 0 Å². The normalized spacial score (nSPS) is 19.5. The van der Waals surface area contributed by atoms with Gasteiger partial charge < -0.3 is 14.0 Å². The van der Waals surface area contributed by atoms with Crippen molar-refractivity contribution in [2.45, 2.75) is 30.7 Å². The summed E-state index contributed by atoms with van der Waals surface area (Å²) in [6, 6.07) is 3.26. The highest BCUT2D eigenvalue weighted by Crippen LogP contribution is 2.40. The Labute approximate surface area is 168 Å². The van der Waals surface area contributed by atoms with E-state index in [-0.39, 0.29) is 6.54 Å². The summed E-state index contributed by atoms with van der Waals surface area (Å²) in [6.07, 6.45) is 2.36. The van der Waals surface area contributed by atoms with Gasteiger partial charge >= 0.3 is 5.69 Å². The lowest BCUT2D eigenvalue weighted by Gasteiger charge is -2.34. The number of aromatic nitrogens is 2. The van der Waals surface area contributed by atoms with Crippen molar-refractivity contribution < 1.29 is 17.9 Å². The molecule has 0 radical (unpaired) electrons. The van der Waals surface area contributed by atoms with Crippen molar-refractivity contribution >= 4 is 10.0 Å². The molecule has 0 amide bonds. The Balaban J connectivity index is 1.78. The van der Waals surface area contributed by atoms with Crippen molar-refractivity contribution in [1.82, 2.24) is 13.4 Å². The van der Waals surface area contributed by atoms with E-state index in [2.05, 4.69) is 0 Å². The second kappa shape index (κ2) is 7.03. The summed E-state index contributed by atoms with van der Waals surface area (Å²) >= 11 is 0. The lowest BCUT2D eigenvalue weighted by molar-refractivity contribution is 0.296.